The summed E-state index contributed by atoms with van der Waals surface area (Å²) in [5, 5.41) is 20.4. The fourth-order valence-corrected chi connectivity index (χ4v) is 3.05. The first kappa shape index (κ1) is 19.8. The number of benzene rings is 2. The van der Waals surface area contributed by atoms with Crippen LogP contribution in [0.2, 0.25) is 0 Å². The molecule has 152 valence electrons. The van der Waals surface area contributed by atoms with Crippen molar-refractivity contribution >= 4 is 17.8 Å². The van der Waals surface area contributed by atoms with Crippen molar-refractivity contribution in [3.63, 3.8) is 0 Å². The van der Waals surface area contributed by atoms with E-state index in [1.807, 2.05) is 36.4 Å². The van der Waals surface area contributed by atoms with E-state index in [-0.39, 0.29) is 11.4 Å². The fraction of sp³-hybridized carbons (Fsp3) is 0.0435. The Bertz CT molecular complexity index is 1300. The number of amides is 1. The number of aromatic nitrogens is 4. The fourth-order valence-electron chi connectivity index (χ4n) is 3.05. The minimum atomic E-state index is -0.419. The van der Waals surface area contributed by atoms with Crippen LogP contribution in [0.5, 0.6) is 0 Å². The number of carbonyl (C=O) groups is 1. The van der Waals surface area contributed by atoms with E-state index in [4.69, 9.17) is 5.26 Å². The number of para-hydroxylation sites is 1. The lowest BCUT2D eigenvalue weighted by atomic mass is 10.1. The zero-order valence-corrected chi connectivity index (χ0v) is 16.5. The Morgan fingerprint density at radius 2 is 1.90 bits per heavy atom. The molecule has 0 aliphatic heterocycles. The van der Waals surface area contributed by atoms with Crippen LogP contribution in [0.3, 0.4) is 0 Å². The quantitative estimate of drug-likeness (QED) is 0.503. The predicted octanol–water partition coefficient (Wildman–Crippen LogP) is 3.94. The molecule has 0 spiro atoms. The average Bonchev–Trinajstić information content (AvgIpc) is 3.37. The van der Waals surface area contributed by atoms with Crippen LogP contribution in [0.4, 0.5) is 10.2 Å². The maximum atomic E-state index is 13.4. The predicted molar refractivity (Wildman–Crippen MR) is 115 cm³/mol. The van der Waals surface area contributed by atoms with E-state index in [1.165, 1.54) is 29.1 Å². The lowest BCUT2D eigenvalue weighted by Crippen LogP contribution is -2.12. The number of nitriles is 1. The molecular weight excluding hydrogens is 395 g/mol. The third-order valence-electron chi connectivity index (χ3n) is 4.60. The van der Waals surface area contributed by atoms with Gasteiger partial charge in [-0.1, -0.05) is 18.2 Å². The Morgan fingerprint density at radius 1 is 1.16 bits per heavy atom. The topological polar surface area (TPSA) is 88.5 Å². The molecule has 0 unspecified atom stereocenters. The van der Waals surface area contributed by atoms with Gasteiger partial charge in [0.05, 0.1) is 17.6 Å². The molecule has 7 nitrogen and oxygen atoms in total. The van der Waals surface area contributed by atoms with Gasteiger partial charge in [0.1, 0.15) is 23.3 Å². The second-order valence-corrected chi connectivity index (χ2v) is 6.68. The highest BCUT2D eigenvalue weighted by Crippen LogP contribution is 2.25. The normalized spacial score (nSPS) is 10.9. The van der Waals surface area contributed by atoms with Crippen LogP contribution in [0.1, 0.15) is 11.1 Å². The van der Waals surface area contributed by atoms with Crippen molar-refractivity contribution in [3.8, 4) is 23.0 Å². The van der Waals surface area contributed by atoms with E-state index in [9.17, 15) is 9.18 Å². The lowest BCUT2D eigenvalue weighted by Gasteiger charge is -2.03. The van der Waals surface area contributed by atoms with Crippen LogP contribution in [0.15, 0.2) is 73.1 Å². The number of anilines is 1. The molecule has 0 saturated carbocycles. The molecule has 1 amide bonds. The highest BCUT2D eigenvalue weighted by atomic mass is 19.1. The minimum Gasteiger partial charge on any atom is -0.306 e. The summed E-state index contributed by atoms with van der Waals surface area (Å²) in [7, 11) is 1.64. The van der Waals surface area contributed by atoms with Gasteiger partial charge in [0.15, 0.2) is 0 Å². The molecular formula is C23H17FN6O. The number of carbonyl (C=O) groups excluding carboxylic acids is 1. The molecule has 0 atom stereocenters. The summed E-state index contributed by atoms with van der Waals surface area (Å²) in [5.74, 6) is -0.444. The second-order valence-electron chi connectivity index (χ2n) is 6.68. The first-order valence-electron chi connectivity index (χ1n) is 9.37. The SMILES string of the molecule is Cn1ncc(C#N)c1NC(=O)C=Cc1cn(-c2ccccc2)nc1-c1ccc(F)cc1. The molecule has 31 heavy (non-hydrogen) atoms. The summed E-state index contributed by atoms with van der Waals surface area (Å²) in [4.78, 5) is 12.4. The third kappa shape index (κ3) is 4.26. The highest BCUT2D eigenvalue weighted by molar-refractivity contribution is 6.02. The molecule has 4 rings (SSSR count). The zero-order chi connectivity index (χ0) is 21.8. The van der Waals surface area contributed by atoms with Crippen LogP contribution in [0.25, 0.3) is 23.0 Å². The van der Waals surface area contributed by atoms with Crippen molar-refractivity contribution in [1.82, 2.24) is 19.6 Å². The van der Waals surface area contributed by atoms with Gasteiger partial charge in [-0.25, -0.2) is 9.07 Å². The lowest BCUT2D eigenvalue weighted by molar-refractivity contribution is -0.111. The largest absolute Gasteiger partial charge is 0.306 e. The van der Waals surface area contributed by atoms with Gasteiger partial charge in [-0.15, -0.1) is 0 Å². The molecule has 2 heterocycles. The number of aryl methyl sites for hydroxylation is 1. The molecule has 0 aliphatic carbocycles. The summed E-state index contributed by atoms with van der Waals surface area (Å²) in [5.41, 5.74) is 3.12. The Morgan fingerprint density at radius 3 is 2.61 bits per heavy atom. The summed E-state index contributed by atoms with van der Waals surface area (Å²) < 4.78 is 16.5. The van der Waals surface area contributed by atoms with Gasteiger partial charge in [-0.05, 0) is 42.5 Å². The molecule has 2 aromatic heterocycles. The number of halogens is 1. The Kier molecular flexibility index (Phi) is 5.41. The van der Waals surface area contributed by atoms with Gasteiger partial charge >= 0.3 is 0 Å². The van der Waals surface area contributed by atoms with Crippen molar-refractivity contribution < 1.29 is 9.18 Å². The van der Waals surface area contributed by atoms with E-state index in [1.54, 1.807) is 36.1 Å². The monoisotopic (exact) mass is 412 g/mol. The van der Waals surface area contributed by atoms with Gasteiger partial charge in [0.2, 0.25) is 5.91 Å². The standard InChI is InChI=1S/C23H17FN6O/c1-29-23(18(13-25)14-26-29)27-21(31)12-9-17-15-30(20-5-3-2-4-6-20)28-22(17)16-7-10-19(24)11-8-16/h2-12,14-15H,1H3,(H,27,31). The number of nitrogens with zero attached hydrogens (tertiary/aromatic N) is 5. The molecule has 4 aromatic rings. The molecule has 0 aliphatic rings. The van der Waals surface area contributed by atoms with Gasteiger partial charge in [0, 0.05) is 30.4 Å². The molecule has 1 N–H and O–H groups in total. The summed E-state index contributed by atoms with van der Waals surface area (Å²) >= 11 is 0. The van der Waals surface area contributed by atoms with E-state index in [0.29, 0.717) is 17.1 Å². The van der Waals surface area contributed by atoms with Crippen molar-refractivity contribution in [2.45, 2.75) is 0 Å². The van der Waals surface area contributed by atoms with Crippen LogP contribution < -0.4 is 5.32 Å². The molecule has 0 saturated heterocycles. The maximum absolute atomic E-state index is 13.4. The third-order valence-corrected chi connectivity index (χ3v) is 4.60. The van der Waals surface area contributed by atoms with Crippen LogP contribution in [-0.4, -0.2) is 25.5 Å². The van der Waals surface area contributed by atoms with E-state index >= 15 is 0 Å². The Balaban J connectivity index is 1.67. The summed E-state index contributed by atoms with van der Waals surface area (Å²) in [6.07, 6.45) is 6.16. The highest BCUT2D eigenvalue weighted by Gasteiger charge is 2.13. The molecule has 0 bridgehead atoms. The van der Waals surface area contributed by atoms with Crippen LogP contribution >= 0.6 is 0 Å². The summed E-state index contributed by atoms with van der Waals surface area (Å²) in [6.45, 7) is 0. The first-order valence-corrected chi connectivity index (χ1v) is 9.37. The minimum absolute atomic E-state index is 0.271. The van der Waals surface area contributed by atoms with Crippen molar-refractivity contribution in [2.75, 3.05) is 5.32 Å². The van der Waals surface area contributed by atoms with Gasteiger partial charge in [-0.2, -0.15) is 15.5 Å². The van der Waals surface area contributed by atoms with Crippen LogP contribution in [-0.2, 0) is 11.8 Å². The molecule has 0 fully saturated rings. The Labute approximate surface area is 177 Å². The van der Waals surface area contributed by atoms with Gasteiger partial charge in [0.25, 0.3) is 0 Å². The molecule has 8 heteroatoms. The zero-order valence-electron chi connectivity index (χ0n) is 16.5. The van der Waals surface area contributed by atoms with Crippen molar-refractivity contribution in [2.24, 2.45) is 7.05 Å². The molecule has 2 aromatic carbocycles. The molecule has 0 radical (unpaired) electrons. The second kappa shape index (κ2) is 8.47. The van der Waals surface area contributed by atoms with Crippen molar-refractivity contribution in [3.05, 3.63) is 90.0 Å². The smallest absolute Gasteiger partial charge is 0.249 e. The maximum Gasteiger partial charge on any atom is 0.249 e. The number of hydrogen-bond donors (Lipinski definition) is 1. The van der Waals surface area contributed by atoms with Gasteiger partial charge < -0.3 is 5.32 Å². The van der Waals surface area contributed by atoms with Crippen molar-refractivity contribution in [1.29, 1.82) is 5.26 Å². The first-order chi connectivity index (χ1) is 15.0. The van der Waals surface area contributed by atoms with Gasteiger partial charge in [-0.3, -0.25) is 9.48 Å². The van der Waals surface area contributed by atoms with Crippen LogP contribution in [0, 0.1) is 17.1 Å². The van der Waals surface area contributed by atoms with E-state index in [0.717, 1.165) is 11.3 Å². The number of rotatable bonds is 5. The summed E-state index contributed by atoms with van der Waals surface area (Å²) in [6, 6.07) is 17.5. The number of hydrogen-bond acceptors (Lipinski definition) is 4. The van der Waals surface area contributed by atoms with E-state index < -0.39 is 5.91 Å². The van der Waals surface area contributed by atoms with E-state index in [2.05, 4.69) is 15.5 Å². The average molecular weight is 412 g/mol. The number of nitrogens with one attached hydrogen (secondary N) is 1. The Hall–Kier alpha value is -4.51.